The summed E-state index contributed by atoms with van der Waals surface area (Å²) in [6, 6.07) is -0.999. The lowest BCUT2D eigenvalue weighted by Crippen LogP contribution is -2.41. The number of carbonyl (C=O) groups excluding carboxylic acids is 3. The molecule has 0 radical (unpaired) electrons. The number of nitrogens with one attached hydrogen (secondary N) is 2. The summed E-state index contributed by atoms with van der Waals surface area (Å²) in [6.07, 6.45) is 7.81. The molecule has 0 saturated carbocycles. The topological polar surface area (TPSA) is 78.5 Å². The molecule has 1 atom stereocenters. The Labute approximate surface area is 131 Å². The van der Waals surface area contributed by atoms with Crippen molar-refractivity contribution in [2.24, 2.45) is 5.92 Å². The SMILES string of the molecule is CC(C)C1NC(=O)N(CC(=O)NCCC2=CCCCC2)C1=O. The molecule has 2 aliphatic rings. The lowest BCUT2D eigenvalue weighted by Gasteiger charge is -2.15. The predicted octanol–water partition coefficient (Wildman–Crippen LogP) is 1.57. The maximum absolute atomic E-state index is 12.1. The van der Waals surface area contributed by atoms with Gasteiger partial charge in [-0.25, -0.2) is 4.79 Å². The van der Waals surface area contributed by atoms with Crippen LogP contribution in [0, 0.1) is 5.92 Å². The minimum atomic E-state index is -0.521. The van der Waals surface area contributed by atoms with E-state index in [1.807, 2.05) is 13.8 Å². The Balaban J connectivity index is 1.76. The molecule has 6 nitrogen and oxygen atoms in total. The molecule has 6 heteroatoms. The Morgan fingerprint density at radius 3 is 2.77 bits per heavy atom. The lowest BCUT2D eigenvalue weighted by atomic mass is 9.97. The van der Waals surface area contributed by atoms with Gasteiger partial charge >= 0.3 is 6.03 Å². The van der Waals surface area contributed by atoms with Crippen LogP contribution in [0.4, 0.5) is 4.79 Å². The van der Waals surface area contributed by atoms with Crippen LogP contribution in [0.1, 0.15) is 46.0 Å². The van der Waals surface area contributed by atoms with E-state index < -0.39 is 12.1 Å². The standard InChI is InChI=1S/C16H25N3O3/c1-11(2)14-15(21)19(16(22)18-14)10-13(20)17-9-8-12-6-4-3-5-7-12/h6,11,14H,3-5,7-10H2,1-2H3,(H,17,20)(H,18,22). The van der Waals surface area contributed by atoms with E-state index in [1.54, 1.807) is 0 Å². The predicted molar refractivity (Wildman–Crippen MR) is 83.0 cm³/mol. The highest BCUT2D eigenvalue weighted by Gasteiger charge is 2.40. The fraction of sp³-hybridized carbons (Fsp3) is 0.688. The first kappa shape index (κ1) is 16.5. The first-order valence-electron chi connectivity index (χ1n) is 8.05. The van der Waals surface area contributed by atoms with E-state index in [0.29, 0.717) is 6.54 Å². The monoisotopic (exact) mass is 307 g/mol. The van der Waals surface area contributed by atoms with Gasteiger partial charge in [0.2, 0.25) is 5.91 Å². The number of hydrogen-bond acceptors (Lipinski definition) is 3. The molecule has 1 aliphatic heterocycles. The summed E-state index contributed by atoms with van der Waals surface area (Å²) in [5, 5.41) is 5.40. The average Bonchev–Trinajstić information content (AvgIpc) is 2.76. The minimum absolute atomic E-state index is 0.0164. The summed E-state index contributed by atoms with van der Waals surface area (Å²) in [7, 11) is 0. The summed E-state index contributed by atoms with van der Waals surface area (Å²) in [6.45, 7) is 4.09. The largest absolute Gasteiger partial charge is 0.354 e. The summed E-state index contributed by atoms with van der Waals surface area (Å²) in [4.78, 5) is 36.7. The molecule has 1 aliphatic carbocycles. The summed E-state index contributed by atoms with van der Waals surface area (Å²) < 4.78 is 0. The highest BCUT2D eigenvalue weighted by atomic mass is 16.2. The highest BCUT2D eigenvalue weighted by molar-refractivity contribution is 6.06. The van der Waals surface area contributed by atoms with Crippen LogP contribution in [-0.2, 0) is 9.59 Å². The number of nitrogens with zero attached hydrogens (tertiary/aromatic N) is 1. The highest BCUT2D eigenvalue weighted by Crippen LogP contribution is 2.19. The maximum atomic E-state index is 12.1. The van der Waals surface area contributed by atoms with E-state index in [2.05, 4.69) is 16.7 Å². The quantitative estimate of drug-likeness (QED) is 0.577. The van der Waals surface area contributed by atoms with Crippen LogP contribution in [0.2, 0.25) is 0 Å². The molecule has 4 amide bonds. The molecule has 0 spiro atoms. The second-order valence-electron chi connectivity index (χ2n) is 6.30. The van der Waals surface area contributed by atoms with Crippen molar-refractivity contribution in [2.75, 3.05) is 13.1 Å². The Morgan fingerprint density at radius 1 is 1.41 bits per heavy atom. The number of rotatable bonds is 6. The third-order valence-electron chi connectivity index (χ3n) is 4.18. The van der Waals surface area contributed by atoms with E-state index in [9.17, 15) is 14.4 Å². The number of amides is 4. The molecule has 2 N–H and O–H groups in total. The van der Waals surface area contributed by atoms with Crippen molar-refractivity contribution in [3.05, 3.63) is 11.6 Å². The molecule has 1 heterocycles. The Bertz CT molecular complexity index is 485. The summed E-state index contributed by atoms with van der Waals surface area (Å²) in [5.74, 6) is -0.586. The van der Waals surface area contributed by atoms with Crippen molar-refractivity contribution in [3.63, 3.8) is 0 Å². The zero-order valence-electron chi connectivity index (χ0n) is 13.4. The van der Waals surface area contributed by atoms with Crippen molar-refractivity contribution in [2.45, 2.75) is 52.0 Å². The first-order valence-corrected chi connectivity index (χ1v) is 8.05. The number of hydrogen-bond donors (Lipinski definition) is 2. The van der Waals surface area contributed by atoms with Gasteiger partial charge in [0.05, 0.1) is 0 Å². The molecular weight excluding hydrogens is 282 g/mol. The molecule has 0 aromatic heterocycles. The molecule has 1 unspecified atom stereocenters. The average molecular weight is 307 g/mol. The van der Waals surface area contributed by atoms with E-state index in [1.165, 1.54) is 18.4 Å². The van der Waals surface area contributed by atoms with Crippen LogP contribution in [0.25, 0.3) is 0 Å². The van der Waals surface area contributed by atoms with E-state index >= 15 is 0 Å². The molecule has 122 valence electrons. The second-order valence-corrected chi connectivity index (χ2v) is 6.30. The smallest absolute Gasteiger partial charge is 0.325 e. The van der Waals surface area contributed by atoms with Gasteiger partial charge in [-0.3, -0.25) is 14.5 Å². The van der Waals surface area contributed by atoms with Gasteiger partial charge < -0.3 is 10.6 Å². The van der Waals surface area contributed by atoms with Crippen LogP contribution in [0.3, 0.4) is 0 Å². The molecule has 1 fully saturated rings. The first-order chi connectivity index (χ1) is 10.5. The molecule has 1 saturated heterocycles. The van der Waals surface area contributed by atoms with Crippen LogP contribution < -0.4 is 10.6 Å². The van der Waals surface area contributed by atoms with E-state index in [4.69, 9.17) is 0 Å². The van der Waals surface area contributed by atoms with Crippen LogP contribution in [-0.4, -0.2) is 41.9 Å². The van der Waals surface area contributed by atoms with Crippen molar-refractivity contribution in [1.29, 1.82) is 0 Å². The van der Waals surface area contributed by atoms with Gasteiger partial charge in [-0.1, -0.05) is 25.5 Å². The van der Waals surface area contributed by atoms with E-state index in [-0.39, 0.29) is 24.3 Å². The Hall–Kier alpha value is -1.85. The molecule has 0 aromatic carbocycles. The number of urea groups is 1. The van der Waals surface area contributed by atoms with Gasteiger partial charge in [-0.2, -0.15) is 0 Å². The van der Waals surface area contributed by atoms with Gasteiger partial charge in [-0.15, -0.1) is 0 Å². The van der Waals surface area contributed by atoms with Crippen LogP contribution in [0.5, 0.6) is 0 Å². The van der Waals surface area contributed by atoms with Crippen molar-refractivity contribution in [1.82, 2.24) is 15.5 Å². The third-order valence-corrected chi connectivity index (χ3v) is 4.18. The number of imide groups is 1. The van der Waals surface area contributed by atoms with Gasteiger partial charge in [0.15, 0.2) is 0 Å². The zero-order chi connectivity index (χ0) is 16.1. The van der Waals surface area contributed by atoms with Gasteiger partial charge in [0.1, 0.15) is 12.6 Å². The Kier molecular flexibility index (Phi) is 5.57. The third kappa shape index (κ3) is 4.08. The maximum Gasteiger partial charge on any atom is 0.325 e. The number of carbonyl (C=O) groups is 3. The van der Waals surface area contributed by atoms with E-state index in [0.717, 1.165) is 24.2 Å². The molecule has 0 bridgehead atoms. The molecule has 0 aromatic rings. The zero-order valence-corrected chi connectivity index (χ0v) is 13.4. The van der Waals surface area contributed by atoms with Gasteiger partial charge in [0.25, 0.3) is 5.91 Å². The van der Waals surface area contributed by atoms with Crippen molar-refractivity contribution < 1.29 is 14.4 Å². The lowest BCUT2D eigenvalue weighted by molar-refractivity contribution is -0.132. The molecule has 2 rings (SSSR count). The van der Waals surface area contributed by atoms with Crippen molar-refractivity contribution >= 4 is 17.8 Å². The fourth-order valence-electron chi connectivity index (χ4n) is 2.84. The fourth-order valence-corrected chi connectivity index (χ4v) is 2.84. The normalized spacial score (nSPS) is 21.9. The van der Waals surface area contributed by atoms with Crippen LogP contribution in [0.15, 0.2) is 11.6 Å². The van der Waals surface area contributed by atoms with Gasteiger partial charge in [0, 0.05) is 6.54 Å². The minimum Gasteiger partial charge on any atom is -0.354 e. The molecule has 22 heavy (non-hydrogen) atoms. The van der Waals surface area contributed by atoms with Crippen LogP contribution >= 0.6 is 0 Å². The number of allylic oxidation sites excluding steroid dienone is 1. The Morgan fingerprint density at radius 2 is 2.18 bits per heavy atom. The summed E-state index contributed by atoms with van der Waals surface area (Å²) in [5.41, 5.74) is 1.39. The second kappa shape index (κ2) is 7.42. The van der Waals surface area contributed by atoms with Gasteiger partial charge in [-0.05, 0) is 38.0 Å². The summed E-state index contributed by atoms with van der Waals surface area (Å²) >= 11 is 0. The van der Waals surface area contributed by atoms with Crippen molar-refractivity contribution in [3.8, 4) is 0 Å². The molecular formula is C16H25N3O3.